The molecule has 0 bridgehead atoms. The molecule has 142 valence electrons. The molecule has 27 heavy (non-hydrogen) atoms. The molecule has 3 heterocycles. The quantitative estimate of drug-likeness (QED) is 0.693. The summed E-state index contributed by atoms with van der Waals surface area (Å²) in [5.41, 5.74) is 2.30. The molecule has 0 radical (unpaired) electrons. The zero-order chi connectivity index (χ0) is 18.6. The van der Waals surface area contributed by atoms with Crippen LogP contribution in [0.5, 0.6) is 0 Å². The number of rotatable bonds is 6. The van der Waals surface area contributed by atoms with Crippen molar-refractivity contribution in [1.82, 2.24) is 20.3 Å². The third kappa shape index (κ3) is 3.73. The first kappa shape index (κ1) is 17.7. The molecule has 1 aromatic carbocycles. The molecule has 0 spiro atoms. The Bertz CT molecular complexity index is 896. The molecule has 1 fully saturated rings. The van der Waals surface area contributed by atoms with Crippen molar-refractivity contribution in [3.63, 3.8) is 0 Å². The van der Waals surface area contributed by atoms with Crippen molar-refractivity contribution in [3.05, 3.63) is 47.9 Å². The second-order valence-electron chi connectivity index (χ2n) is 7.11. The van der Waals surface area contributed by atoms with E-state index in [0.29, 0.717) is 12.1 Å². The van der Waals surface area contributed by atoms with E-state index in [-0.39, 0.29) is 11.9 Å². The van der Waals surface area contributed by atoms with Crippen LogP contribution in [0.3, 0.4) is 0 Å². The highest BCUT2D eigenvalue weighted by molar-refractivity contribution is 5.97. The molecule has 1 saturated heterocycles. The second-order valence-corrected chi connectivity index (χ2v) is 7.11. The van der Waals surface area contributed by atoms with Gasteiger partial charge in [-0.2, -0.15) is 0 Å². The van der Waals surface area contributed by atoms with Crippen molar-refractivity contribution in [1.29, 1.82) is 0 Å². The lowest BCUT2D eigenvalue weighted by Crippen LogP contribution is -3.13. The van der Waals surface area contributed by atoms with Gasteiger partial charge in [0.05, 0.1) is 31.4 Å². The molecule has 7 heteroatoms. The number of amides is 1. The third-order valence-electron chi connectivity index (χ3n) is 5.42. The number of piperidine rings is 1. The van der Waals surface area contributed by atoms with E-state index < -0.39 is 0 Å². The number of likely N-dealkylation sites (tertiary alicyclic amines) is 1. The Hall–Kier alpha value is -2.67. The standard InChI is InChI=1S/C20H25N5O2/c1-2-25-17-9-8-15(13-16(17)22-23-25)20(26)21-14-18(19-7-6-12-27-19)24-10-4-3-5-11-24/h6-9,12-13,18H,2-5,10-11,14H2,1H3,(H,21,26)/p+1/t18-/m0/s1. The predicted octanol–water partition coefficient (Wildman–Crippen LogP) is 1.58. The molecule has 2 N–H and O–H groups in total. The zero-order valence-corrected chi connectivity index (χ0v) is 15.6. The van der Waals surface area contributed by atoms with E-state index in [4.69, 9.17) is 4.42 Å². The molecule has 3 aromatic rings. The zero-order valence-electron chi connectivity index (χ0n) is 15.6. The van der Waals surface area contributed by atoms with E-state index in [9.17, 15) is 4.79 Å². The number of quaternary nitrogens is 1. The molecular formula is C20H26N5O2+. The first-order chi connectivity index (χ1) is 13.3. The summed E-state index contributed by atoms with van der Waals surface area (Å²) in [6.07, 6.45) is 5.45. The van der Waals surface area contributed by atoms with Crippen LogP contribution in [-0.4, -0.2) is 40.5 Å². The predicted molar refractivity (Wildman–Crippen MR) is 102 cm³/mol. The van der Waals surface area contributed by atoms with Crippen molar-refractivity contribution in [2.24, 2.45) is 0 Å². The number of furan rings is 1. The van der Waals surface area contributed by atoms with Gasteiger partial charge in [-0.25, -0.2) is 4.68 Å². The van der Waals surface area contributed by atoms with Crippen molar-refractivity contribution in [2.45, 2.75) is 38.8 Å². The largest absolute Gasteiger partial charge is 0.463 e. The Morgan fingerprint density at radius 2 is 2.15 bits per heavy atom. The molecule has 1 amide bonds. The van der Waals surface area contributed by atoms with Gasteiger partial charge in [-0.15, -0.1) is 5.10 Å². The number of hydrogen-bond donors (Lipinski definition) is 2. The van der Waals surface area contributed by atoms with Crippen molar-refractivity contribution in [2.75, 3.05) is 19.6 Å². The number of aromatic nitrogens is 3. The van der Waals surface area contributed by atoms with Gasteiger partial charge in [-0.3, -0.25) is 4.79 Å². The number of benzene rings is 1. The van der Waals surface area contributed by atoms with E-state index >= 15 is 0 Å². The van der Waals surface area contributed by atoms with Crippen LogP contribution in [0, 0.1) is 0 Å². The van der Waals surface area contributed by atoms with Crippen molar-refractivity contribution < 1.29 is 14.1 Å². The Kier molecular flexibility index (Phi) is 5.20. The van der Waals surface area contributed by atoms with Gasteiger partial charge in [-0.05, 0) is 56.5 Å². The normalized spacial score (nSPS) is 16.5. The smallest absolute Gasteiger partial charge is 0.251 e. The highest BCUT2D eigenvalue weighted by Gasteiger charge is 2.28. The second kappa shape index (κ2) is 7.92. The average molecular weight is 368 g/mol. The van der Waals surface area contributed by atoms with Gasteiger partial charge >= 0.3 is 0 Å². The highest BCUT2D eigenvalue weighted by Crippen LogP contribution is 2.15. The molecule has 0 unspecified atom stereocenters. The minimum absolute atomic E-state index is 0.0871. The van der Waals surface area contributed by atoms with Gasteiger partial charge in [0.15, 0.2) is 11.8 Å². The monoisotopic (exact) mass is 368 g/mol. The summed E-state index contributed by atoms with van der Waals surface area (Å²) < 4.78 is 7.49. The number of hydrogen-bond acceptors (Lipinski definition) is 4. The van der Waals surface area contributed by atoms with Crippen LogP contribution >= 0.6 is 0 Å². The molecule has 1 atom stereocenters. The number of carbonyl (C=O) groups excluding carboxylic acids is 1. The summed E-state index contributed by atoms with van der Waals surface area (Å²) in [5.74, 6) is 0.851. The number of aryl methyl sites for hydroxylation is 1. The first-order valence-corrected chi connectivity index (χ1v) is 9.75. The Balaban J connectivity index is 1.47. The average Bonchev–Trinajstić information content (AvgIpc) is 3.38. The minimum Gasteiger partial charge on any atom is -0.463 e. The summed E-state index contributed by atoms with van der Waals surface area (Å²) in [6, 6.07) is 9.62. The number of nitrogens with zero attached hydrogens (tertiary/aromatic N) is 3. The van der Waals surface area contributed by atoms with E-state index in [2.05, 4.69) is 15.6 Å². The van der Waals surface area contributed by atoms with Gasteiger partial charge in [-0.1, -0.05) is 5.21 Å². The number of nitrogens with one attached hydrogen (secondary N) is 2. The molecule has 7 nitrogen and oxygen atoms in total. The summed E-state index contributed by atoms with van der Waals surface area (Å²) in [4.78, 5) is 14.2. The maximum absolute atomic E-state index is 12.7. The maximum Gasteiger partial charge on any atom is 0.251 e. The van der Waals surface area contributed by atoms with Gasteiger partial charge in [0.2, 0.25) is 0 Å². The molecule has 4 rings (SSSR count). The van der Waals surface area contributed by atoms with E-state index in [0.717, 1.165) is 36.4 Å². The van der Waals surface area contributed by atoms with Crippen LogP contribution in [0.15, 0.2) is 41.0 Å². The van der Waals surface area contributed by atoms with Crippen LogP contribution in [0.4, 0.5) is 0 Å². The topological polar surface area (TPSA) is 77.4 Å². The van der Waals surface area contributed by atoms with Crippen molar-refractivity contribution >= 4 is 16.9 Å². The molecule has 1 aliphatic rings. The maximum atomic E-state index is 12.7. The van der Waals surface area contributed by atoms with Gasteiger partial charge < -0.3 is 14.6 Å². The molecule has 1 aliphatic heterocycles. The van der Waals surface area contributed by atoms with E-state index in [1.807, 2.05) is 35.9 Å². The Morgan fingerprint density at radius 1 is 1.30 bits per heavy atom. The van der Waals surface area contributed by atoms with Crippen LogP contribution in [0.25, 0.3) is 11.0 Å². The SMILES string of the molecule is CCn1nnc2cc(C(=O)NC[C@@H](c3ccco3)[NH+]3CCCCC3)ccc21. The lowest BCUT2D eigenvalue weighted by atomic mass is 10.1. The third-order valence-corrected chi connectivity index (χ3v) is 5.42. The fourth-order valence-corrected chi connectivity index (χ4v) is 3.93. The lowest BCUT2D eigenvalue weighted by molar-refractivity contribution is -0.936. The molecule has 0 aliphatic carbocycles. The number of carbonyl (C=O) groups is 1. The van der Waals surface area contributed by atoms with Crippen LogP contribution in [-0.2, 0) is 6.54 Å². The van der Waals surface area contributed by atoms with E-state index in [1.165, 1.54) is 24.2 Å². The summed E-state index contributed by atoms with van der Waals surface area (Å²) in [5, 5.41) is 11.4. The summed E-state index contributed by atoms with van der Waals surface area (Å²) in [6.45, 7) is 5.57. The van der Waals surface area contributed by atoms with E-state index in [1.54, 1.807) is 12.3 Å². The molecule has 2 aromatic heterocycles. The van der Waals surface area contributed by atoms with Crippen LogP contribution in [0.2, 0.25) is 0 Å². The Morgan fingerprint density at radius 3 is 2.89 bits per heavy atom. The van der Waals surface area contributed by atoms with Crippen molar-refractivity contribution in [3.8, 4) is 0 Å². The fraction of sp³-hybridized carbons (Fsp3) is 0.450. The van der Waals surface area contributed by atoms with Gasteiger partial charge in [0.1, 0.15) is 5.52 Å². The summed E-state index contributed by atoms with van der Waals surface area (Å²) in [7, 11) is 0. The van der Waals surface area contributed by atoms with Gasteiger partial charge in [0.25, 0.3) is 5.91 Å². The molecule has 0 saturated carbocycles. The van der Waals surface area contributed by atoms with Crippen LogP contribution in [0.1, 0.15) is 48.3 Å². The fourth-order valence-electron chi connectivity index (χ4n) is 3.93. The number of fused-ring (bicyclic) bond motifs is 1. The highest BCUT2D eigenvalue weighted by atomic mass is 16.3. The minimum atomic E-state index is -0.0871. The Labute approximate surface area is 158 Å². The van der Waals surface area contributed by atoms with Gasteiger partial charge in [0, 0.05) is 12.1 Å². The lowest BCUT2D eigenvalue weighted by Gasteiger charge is -2.30. The first-order valence-electron chi connectivity index (χ1n) is 9.75. The van der Waals surface area contributed by atoms with Crippen LogP contribution < -0.4 is 10.2 Å². The summed E-state index contributed by atoms with van der Waals surface area (Å²) >= 11 is 0. The molecular weight excluding hydrogens is 342 g/mol.